The number of para-hydroxylation sites is 1. The zero-order valence-electron chi connectivity index (χ0n) is 20.1. The third kappa shape index (κ3) is 5.18. The molecule has 37 heavy (non-hydrogen) atoms. The van der Waals surface area contributed by atoms with Crippen molar-refractivity contribution in [1.29, 1.82) is 0 Å². The average molecular weight is 502 g/mol. The molecule has 0 radical (unpaired) electrons. The summed E-state index contributed by atoms with van der Waals surface area (Å²) in [5, 5.41) is 10.8. The van der Waals surface area contributed by atoms with Crippen molar-refractivity contribution in [2.45, 2.75) is 25.9 Å². The number of nitrogens with zero attached hydrogens (tertiary/aromatic N) is 4. The van der Waals surface area contributed by atoms with E-state index in [4.69, 9.17) is 4.74 Å². The summed E-state index contributed by atoms with van der Waals surface area (Å²) in [6.45, 7) is 2.17. The van der Waals surface area contributed by atoms with Crippen LogP contribution in [0.3, 0.4) is 0 Å². The molecule has 0 saturated carbocycles. The van der Waals surface area contributed by atoms with E-state index < -0.39 is 18.0 Å². The number of hydrogen-bond donors (Lipinski definition) is 1. The summed E-state index contributed by atoms with van der Waals surface area (Å²) in [6.07, 6.45) is -1.13. The zero-order valence-corrected chi connectivity index (χ0v) is 20.1. The van der Waals surface area contributed by atoms with E-state index in [2.05, 4.69) is 15.6 Å². The number of anilines is 1. The maximum Gasteiger partial charge on any atom is 0.414 e. The van der Waals surface area contributed by atoms with Crippen molar-refractivity contribution in [3.8, 4) is 5.69 Å². The Bertz CT molecular complexity index is 1480. The quantitative estimate of drug-likeness (QED) is 0.366. The fraction of sp³-hybridized carbons (Fsp3) is 0.222. The van der Waals surface area contributed by atoms with E-state index >= 15 is 4.39 Å². The minimum atomic E-state index is -0.632. The van der Waals surface area contributed by atoms with Crippen LogP contribution in [-0.2, 0) is 9.53 Å². The first-order chi connectivity index (χ1) is 17.9. The molecule has 1 aliphatic heterocycles. The third-order valence-electron chi connectivity index (χ3n) is 6.18. The molecule has 1 fully saturated rings. The van der Waals surface area contributed by atoms with Gasteiger partial charge in [-0.2, -0.15) is 0 Å². The van der Waals surface area contributed by atoms with E-state index in [1.807, 2.05) is 31.2 Å². The van der Waals surface area contributed by atoms with Crippen molar-refractivity contribution in [2.24, 2.45) is 0 Å². The number of rotatable bonds is 8. The molecule has 4 aromatic rings. The van der Waals surface area contributed by atoms with Crippen molar-refractivity contribution in [3.05, 3.63) is 83.7 Å². The first kappa shape index (κ1) is 24.1. The van der Waals surface area contributed by atoms with Crippen LogP contribution < -0.4 is 10.2 Å². The van der Waals surface area contributed by atoms with Gasteiger partial charge in [0.25, 0.3) is 0 Å². The Balaban J connectivity index is 1.16. The second kappa shape index (κ2) is 10.2. The molecule has 188 valence electrons. The largest absolute Gasteiger partial charge is 0.442 e. The molecule has 0 spiro atoms. The first-order valence-electron chi connectivity index (χ1n) is 11.8. The van der Waals surface area contributed by atoms with Gasteiger partial charge in [0.15, 0.2) is 11.6 Å². The standard InChI is InChI=1S/C27H24FN5O4/c1-17-6-8-18(9-7-17)25(34)12-13-26(35)29-15-20-16-32(27(36)37-20)19-10-11-23(21(28)14-19)33-24-5-3-2-4-22(24)30-31-33/h2-11,14,20H,12-13,15-16H2,1H3,(H,29,35). The van der Waals surface area contributed by atoms with Gasteiger partial charge in [-0.3, -0.25) is 14.5 Å². The molecule has 0 bridgehead atoms. The Morgan fingerprint density at radius 1 is 1.08 bits per heavy atom. The molecular formula is C27H24FN5O4. The van der Waals surface area contributed by atoms with Crippen molar-refractivity contribution in [1.82, 2.24) is 20.3 Å². The predicted octanol–water partition coefficient (Wildman–Crippen LogP) is 3.97. The third-order valence-corrected chi connectivity index (χ3v) is 6.18. The number of ether oxygens (including phenoxy) is 1. The Kier molecular flexibility index (Phi) is 6.63. The van der Waals surface area contributed by atoms with Gasteiger partial charge in [0.2, 0.25) is 5.91 Å². The summed E-state index contributed by atoms with van der Waals surface area (Å²) >= 11 is 0. The minimum absolute atomic E-state index is 0.0285. The number of aromatic nitrogens is 3. The second-order valence-electron chi connectivity index (χ2n) is 8.84. The van der Waals surface area contributed by atoms with Gasteiger partial charge in [0, 0.05) is 18.4 Å². The maximum absolute atomic E-state index is 15.0. The van der Waals surface area contributed by atoms with Crippen molar-refractivity contribution in [2.75, 3.05) is 18.0 Å². The summed E-state index contributed by atoms with van der Waals surface area (Å²) in [5.41, 5.74) is 3.44. The number of halogens is 1. The molecule has 1 N–H and O–H groups in total. The van der Waals surface area contributed by atoms with Crippen LogP contribution >= 0.6 is 0 Å². The van der Waals surface area contributed by atoms with Gasteiger partial charge in [0.1, 0.15) is 17.3 Å². The number of carbonyl (C=O) groups excluding carboxylic acids is 3. The Labute approximate surface area is 211 Å². The molecule has 1 saturated heterocycles. The van der Waals surface area contributed by atoms with Gasteiger partial charge >= 0.3 is 6.09 Å². The van der Waals surface area contributed by atoms with Crippen LogP contribution in [0.5, 0.6) is 0 Å². The Morgan fingerprint density at radius 2 is 1.86 bits per heavy atom. The highest BCUT2D eigenvalue weighted by atomic mass is 19.1. The van der Waals surface area contributed by atoms with E-state index in [0.29, 0.717) is 22.3 Å². The number of fused-ring (bicyclic) bond motifs is 1. The van der Waals surface area contributed by atoms with Crippen LogP contribution in [-0.4, -0.2) is 52.0 Å². The number of aryl methyl sites for hydroxylation is 1. The molecule has 5 rings (SSSR count). The smallest absolute Gasteiger partial charge is 0.414 e. The van der Waals surface area contributed by atoms with Gasteiger partial charge in [0.05, 0.1) is 24.3 Å². The molecule has 1 aromatic heterocycles. The van der Waals surface area contributed by atoms with E-state index in [9.17, 15) is 14.4 Å². The number of benzene rings is 3. The van der Waals surface area contributed by atoms with E-state index in [1.165, 1.54) is 21.7 Å². The lowest BCUT2D eigenvalue weighted by Gasteiger charge is -2.14. The van der Waals surface area contributed by atoms with Crippen molar-refractivity contribution >= 4 is 34.5 Å². The van der Waals surface area contributed by atoms with Crippen molar-refractivity contribution < 1.29 is 23.5 Å². The molecule has 1 atom stereocenters. The van der Waals surface area contributed by atoms with Crippen LogP contribution in [0, 0.1) is 12.7 Å². The highest BCUT2D eigenvalue weighted by Gasteiger charge is 2.33. The molecule has 2 heterocycles. The second-order valence-corrected chi connectivity index (χ2v) is 8.84. The lowest BCUT2D eigenvalue weighted by Crippen LogP contribution is -2.34. The van der Waals surface area contributed by atoms with Crippen molar-refractivity contribution in [3.63, 3.8) is 0 Å². The van der Waals surface area contributed by atoms with Crippen LogP contribution in [0.4, 0.5) is 14.9 Å². The Morgan fingerprint density at radius 3 is 2.65 bits per heavy atom. The summed E-state index contributed by atoms with van der Waals surface area (Å²) in [4.78, 5) is 38.2. The molecule has 2 amide bonds. The maximum atomic E-state index is 15.0. The van der Waals surface area contributed by atoms with E-state index in [-0.39, 0.29) is 43.3 Å². The Hall–Kier alpha value is -4.60. The van der Waals surface area contributed by atoms with E-state index in [1.54, 1.807) is 30.3 Å². The summed E-state index contributed by atoms with van der Waals surface area (Å²) < 4.78 is 21.8. The van der Waals surface area contributed by atoms with Gasteiger partial charge in [-0.25, -0.2) is 13.9 Å². The summed E-state index contributed by atoms with van der Waals surface area (Å²) in [5.74, 6) is -1.00. The molecule has 1 aliphatic rings. The number of hydrogen-bond acceptors (Lipinski definition) is 6. The van der Waals surface area contributed by atoms with Gasteiger partial charge in [-0.15, -0.1) is 5.10 Å². The normalized spacial score (nSPS) is 15.1. The van der Waals surface area contributed by atoms with E-state index in [0.717, 1.165) is 5.56 Å². The lowest BCUT2D eigenvalue weighted by molar-refractivity contribution is -0.121. The van der Waals surface area contributed by atoms with Gasteiger partial charge in [-0.1, -0.05) is 47.2 Å². The van der Waals surface area contributed by atoms with Crippen LogP contribution in [0.15, 0.2) is 66.7 Å². The highest BCUT2D eigenvalue weighted by molar-refractivity contribution is 5.98. The molecule has 3 aromatic carbocycles. The number of cyclic esters (lactones) is 1. The number of nitrogens with one attached hydrogen (secondary N) is 1. The average Bonchev–Trinajstić information content (AvgIpc) is 3.49. The summed E-state index contributed by atoms with van der Waals surface area (Å²) in [7, 11) is 0. The monoisotopic (exact) mass is 501 g/mol. The molecular weight excluding hydrogens is 477 g/mol. The molecule has 0 aliphatic carbocycles. The number of Topliss-reactive ketones (excluding diaryl/α,β-unsaturated/α-hetero) is 1. The molecule has 1 unspecified atom stereocenters. The molecule has 10 heteroatoms. The zero-order chi connectivity index (χ0) is 25.9. The van der Waals surface area contributed by atoms with Crippen LogP contribution in [0.25, 0.3) is 16.7 Å². The highest BCUT2D eigenvalue weighted by Crippen LogP contribution is 2.26. The van der Waals surface area contributed by atoms with Gasteiger partial charge < -0.3 is 10.1 Å². The lowest BCUT2D eigenvalue weighted by atomic mass is 10.0. The predicted molar refractivity (Wildman–Crippen MR) is 134 cm³/mol. The topological polar surface area (TPSA) is 106 Å². The number of ketones is 1. The fourth-order valence-corrected chi connectivity index (χ4v) is 4.15. The number of carbonyl (C=O) groups is 3. The fourth-order valence-electron chi connectivity index (χ4n) is 4.15. The van der Waals surface area contributed by atoms with Crippen LogP contribution in [0.1, 0.15) is 28.8 Å². The SMILES string of the molecule is Cc1ccc(C(=O)CCC(=O)NCC2CN(c3ccc(-n4nnc5ccccc54)c(F)c3)C(=O)O2)cc1. The summed E-state index contributed by atoms with van der Waals surface area (Å²) in [6, 6.07) is 18.8. The minimum Gasteiger partial charge on any atom is -0.442 e. The number of amides is 2. The van der Waals surface area contributed by atoms with Crippen LogP contribution in [0.2, 0.25) is 0 Å². The van der Waals surface area contributed by atoms with Gasteiger partial charge in [-0.05, 0) is 37.3 Å². The first-order valence-corrected chi connectivity index (χ1v) is 11.8. The molecule has 9 nitrogen and oxygen atoms in total.